The second-order valence-electron chi connectivity index (χ2n) is 6.09. The molecule has 0 atom stereocenters. The molecule has 0 amide bonds. The van der Waals surface area contributed by atoms with E-state index >= 15 is 0 Å². The zero-order valence-electron chi connectivity index (χ0n) is 17.5. The third-order valence-electron chi connectivity index (χ3n) is 4.03. The summed E-state index contributed by atoms with van der Waals surface area (Å²) in [6, 6.07) is 14.1. The summed E-state index contributed by atoms with van der Waals surface area (Å²) in [6.45, 7) is 1.93. The highest BCUT2D eigenvalue weighted by Gasteiger charge is 2.14. The minimum atomic E-state index is -0.460. The van der Waals surface area contributed by atoms with Gasteiger partial charge >= 0.3 is 0 Å². The number of aromatic nitrogens is 2. The van der Waals surface area contributed by atoms with Crippen molar-refractivity contribution in [1.82, 2.24) is 9.97 Å². The highest BCUT2D eigenvalue weighted by atomic mass is 16.6. The topological polar surface area (TPSA) is 134 Å². The van der Waals surface area contributed by atoms with Crippen LogP contribution in [-0.4, -0.2) is 40.8 Å². The van der Waals surface area contributed by atoms with Crippen molar-refractivity contribution in [2.75, 3.05) is 26.6 Å². The van der Waals surface area contributed by atoms with Crippen LogP contribution in [0.2, 0.25) is 0 Å². The quantitative estimate of drug-likeness (QED) is 0.287. The molecule has 2 aromatic carbocycles. The van der Waals surface area contributed by atoms with Gasteiger partial charge in [-0.3, -0.25) is 15.1 Å². The summed E-state index contributed by atoms with van der Waals surface area (Å²) in [6.07, 6.45) is 3.26. The van der Waals surface area contributed by atoms with Crippen LogP contribution in [0.25, 0.3) is 21.8 Å². The van der Waals surface area contributed by atoms with E-state index in [4.69, 9.17) is 20.3 Å². The molecule has 31 heavy (non-hydrogen) atoms. The number of aliphatic hydroxyl groups excluding tert-OH is 1. The summed E-state index contributed by atoms with van der Waals surface area (Å²) in [5.41, 5.74) is 7.60. The Morgan fingerprint density at radius 3 is 1.97 bits per heavy atom. The van der Waals surface area contributed by atoms with Crippen LogP contribution in [0.3, 0.4) is 0 Å². The standard InChI is InChI=1S/C10H8N2O3.C10H10N2O.C2H6O/c1-15-8-5-7-3-2-4-11-10(7)9(6-8)12(13)14;1-13-8-5-7-3-2-4-12-10(7)9(11)6-8;1-2-3/h2-6H,1H3;2-6H,11H2,1H3;3H,2H2,1H3. The number of anilines is 1. The number of nitrogens with zero attached hydrogens (tertiary/aromatic N) is 3. The molecular formula is C22H24N4O5. The Labute approximate surface area is 179 Å². The second kappa shape index (κ2) is 11.3. The minimum Gasteiger partial charge on any atom is -0.497 e. The van der Waals surface area contributed by atoms with Crippen LogP contribution in [0.5, 0.6) is 11.5 Å². The van der Waals surface area contributed by atoms with Crippen molar-refractivity contribution in [3.63, 3.8) is 0 Å². The summed E-state index contributed by atoms with van der Waals surface area (Å²) in [7, 11) is 3.10. The Kier molecular flexibility index (Phi) is 8.47. The molecule has 0 radical (unpaired) electrons. The van der Waals surface area contributed by atoms with Gasteiger partial charge in [0.25, 0.3) is 5.69 Å². The van der Waals surface area contributed by atoms with Crippen molar-refractivity contribution < 1.29 is 19.5 Å². The predicted molar refractivity (Wildman–Crippen MR) is 120 cm³/mol. The average Bonchev–Trinajstić information content (AvgIpc) is 2.79. The molecule has 0 aliphatic heterocycles. The number of nitrogens with two attached hydrogens (primary N) is 1. The predicted octanol–water partition coefficient (Wildman–Crippen LogP) is 3.98. The Bertz CT molecular complexity index is 1170. The van der Waals surface area contributed by atoms with Gasteiger partial charge in [-0.05, 0) is 31.2 Å². The minimum absolute atomic E-state index is 0.0371. The molecule has 0 aliphatic carbocycles. The fourth-order valence-electron chi connectivity index (χ4n) is 2.71. The number of hydrogen-bond donors (Lipinski definition) is 2. The van der Waals surface area contributed by atoms with E-state index in [9.17, 15) is 10.1 Å². The van der Waals surface area contributed by atoms with Crippen LogP contribution in [0, 0.1) is 10.1 Å². The molecule has 3 N–H and O–H groups in total. The first kappa shape index (κ1) is 23.3. The van der Waals surface area contributed by atoms with Crippen molar-refractivity contribution in [3.8, 4) is 11.5 Å². The van der Waals surface area contributed by atoms with Gasteiger partial charge in [0, 0.05) is 35.8 Å². The summed E-state index contributed by atoms with van der Waals surface area (Å²) >= 11 is 0. The number of nitro benzene ring substituents is 1. The normalized spacial score (nSPS) is 9.81. The number of rotatable bonds is 3. The maximum Gasteiger partial charge on any atom is 0.299 e. The van der Waals surface area contributed by atoms with Gasteiger partial charge in [-0.15, -0.1) is 0 Å². The van der Waals surface area contributed by atoms with E-state index in [-0.39, 0.29) is 12.3 Å². The van der Waals surface area contributed by atoms with E-state index < -0.39 is 4.92 Å². The molecule has 9 nitrogen and oxygen atoms in total. The molecule has 2 heterocycles. The number of benzene rings is 2. The lowest BCUT2D eigenvalue weighted by molar-refractivity contribution is -0.383. The molecule has 0 unspecified atom stereocenters. The summed E-state index contributed by atoms with van der Waals surface area (Å²) in [4.78, 5) is 18.5. The molecule has 9 heteroatoms. The number of ether oxygens (including phenoxy) is 2. The van der Waals surface area contributed by atoms with E-state index in [2.05, 4.69) is 9.97 Å². The monoisotopic (exact) mass is 424 g/mol. The molecule has 0 saturated carbocycles. The fraction of sp³-hybridized carbons (Fsp3) is 0.182. The van der Waals surface area contributed by atoms with E-state index in [1.807, 2.05) is 18.2 Å². The molecule has 0 spiro atoms. The largest absolute Gasteiger partial charge is 0.497 e. The lowest BCUT2D eigenvalue weighted by Crippen LogP contribution is -1.93. The number of hydrogen-bond acceptors (Lipinski definition) is 8. The Balaban J connectivity index is 0.000000197. The molecule has 4 aromatic rings. The summed E-state index contributed by atoms with van der Waals surface area (Å²) < 4.78 is 10.1. The maximum absolute atomic E-state index is 10.8. The van der Waals surface area contributed by atoms with Gasteiger partial charge in [0.1, 0.15) is 17.0 Å². The van der Waals surface area contributed by atoms with Crippen LogP contribution < -0.4 is 15.2 Å². The second-order valence-corrected chi connectivity index (χ2v) is 6.09. The number of methoxy groups -OCH3 is 2. The van der Waals surface area contributed by atoms with E-state index in [1.54, 1.807) is 44.5 Å². The lowest BCUT2D eigenvalue weighted by Gasteiger charge is -2.04. The fourth-order valence-corrected chi connectivity index (χ4v) is 2.71. The van der Waals surface area contributed by atoms with Gasteiger partial charge in [-0.2, -0.15) is 0 Å². The Morgan fingerprint density at radius 1 is 0.968 bits per heavy atom. The molecule has 0 aliphatic rings. The number of fused-ring (bicyclic) bond motifs is 2. The van der Waals surface area contributed by atoms with Crippen molar-refractivity contribution in [2.24, 2.45) is 0 Å². The number of nitro groups is 1. The molecule has 0 fully saturated rings. The zero-order chi connectivity index (χ0) is 22.8. The van der Waals surface area contributed by atoms with E-state index in [1.165, 1.54) is 19.4 Å². The van der Waals surface area contributed by atoms with Crippen LogP contribution in [-0.2, 0) is 0 Å². The number of nitrogen functional groups attached to an aromatic ring is 1. The van der Waals surface area contributed by atoms with Crippen molar-refractivity contribution in [1.29, 1.82) is 0 Å². The van der Waals surface area contributed by atoms with Gasteiger partial charge in [0.05, 0.1) is 36.4 Å². The lowest BCUT2D eigenvalue weighted by atomic mass is 10.2. The third-order valence-corrected chi connectivity index (χ3v) is 4.03. The van der Waals surface area contributed by atoms with Gasteiger partial charge in [0.2, 0.25) is 0 Å². The number of pyridine rings is 2. The van der Waals surface area contributed by atoms with Gasteiger partial charge < -0.3 is 20.3 Å². The zero-order valence-corrected chi connectivity index (χ0v) is 17.5. The average molecular weight is 424 g/mol. The first-order valence-corrected chi connectivity index (χ1v) is 9.31. The van der Waals surface area contributed by atoms with Crippen LogP contribution in [0.15, 0.2) is 60.9 Å². The highest BCUT2D eigenvalue weighted by molar-refractivity contribution is 5.90. The van der Waals surface area contributed by atoms with Gasteiger partial charge in [-0.25, -0.2) is 4.98 Å². The summed E-state index contributed by atoms with van der Waals surface area (Å²) in [5, 5.41) is 20.1. The molecule has 162 valence electrons. The van der Waals surface area contributed by atoms with Crippen molar-refractivity contribution >= 4 is 33.2 Å². The van der Waals surface area contributed by atoms with Gasteiger partial charge in [0.15, 0.2) is 0 Å². The molecular weight excluding hydrogens is 400 g/mol. The molecule has 4 rings (SSSR count). The highest BCUT2D eigenvalue weighted by Crippen LogP contribution is 2.29. The molecule has 0 saturated heterocycles. The smallest absolute Gasteiger partial charge is 0.299 e. The van der Waals surface area contributed by atoms with Gasteiger partial charge in [-0.1, -0.05) is 12.1 Å². The molecule has 2 aromatic heterocycles. The van der Waals surface area contributed by atoms with Crippen molar-refractivity contribution in [2.45, 2.75) is 6.92 Å². The first-order chi connectivity index (χ1) is 14.9. The molecule has 0 bridgehead atoms. The third kappa shape index (κ3) is 6.00. The number of aliphatic hydroxyl groups is 1. The SMILES string of the molecule is CCO.COc1cc(N)c2ncccc2c1.COc1cc([N+](=O)[O-])c2ncccc2c1. The van der Waals surface area contributed by atoms with Crippen LogP contribution >= 0.6 is 0 Å². The Morgan fingerprint density at radius 2 is 1.45 bits per heavy atom. The number of non-ortho nitro benzene ring substituents is 1. The van der Waals surface area contributed by atoms with Crippen molar-refractivity contribution in [3.05, 3.63) is 71.0 Å². The Hall–Kier alpha value is -3.98. The van der Waals surface area contributed by atoms with Crippen LogP contribution in [0.4, 0.5) is 11.4 Å². The summed E-state index contributed by atoms with van der Waals surface area (Å²) in [5.74, 6) is 1.22. The van der Waals surface area contributed by atoms with E-state index in [0.29, 0.717) is 22.3 Å². The van der Waals surface area contributed by atoms with E-state index in [0.717, 1.165) is 16.7 Å². The van der Waals surface area contributed by atoms with Crippen LogP contribution in [0.1, 0.15) is 6.92 Å². The first-order valence-electron chi connectivity index (χ1n) is 9.31. The maximum atomic E-state index is 10.8.